The monoisotopic (exact) mass is 254 g/mol. The summed E-state index contributed by atoms with van der Waals surface area (Å²) in [6.07, 6.45) is 0.450. The number of amides is 1. The number of hydrogen-bond acceptors (Lipinski definition) is 3. The number of nitrogens with one attached hydrogen (secondary N) is 2. The van der Waals surface area contributed by atoms with E-state index in [1.807, 2.05) is 26.8 Å². The normalized spacial score (nSPS) is 14.3. The molecular weight excluding hydrogens is 232 g/mol. The molecule has 0 fully saturated rings. The Labute approximate surface area is 108 Å². The first-order valence-corrected chi connectivity index (χ1v) is 6.00. The van der Waals surface area contributed by atoms with E-state index < -0.39 is 5.54 Å². The Morgan fingerprint density at radius 3 is 2.67 bits per heavy atom. The van der Waals surface area contributed by atoms with Crippen LogP contribution >= 0.6 is 0 Å². The third-order valence-corrected chi connectivity index (χ3v) is 2.92. The number of carbonyl (C=O) groups is 1. The topological polar surface area (TPSA) is 74.3 Å². The van der Waals surface area contributed by atoms with Gasteiger partial charge in [0.15, 0.2) is 0 Å². The molecule has 1 heterocycles. The summed E-state index contributed by atoms with van der Waals surface area (Å²) in [5, 5.41) is 12.0. The van der Waals surface area contributed by atoms with Gasteiger partial charge in [0, 0.05) is 19.4 Å². The molecule has 1 unspecified atom stereocenters. The van der Waals surface area contributed by atoms with Gasteiger partial charge in [-0.25, -0.2) is 0 Å². The van der Waals surface area contributed by atoms with E-state index in [1.54, 1.807) is 7.11 Å². The van der Waals surface area contributed by atoms with Crippen molar-refractivity contribution >= 4 is 5.91 Å². The van der Waals surface area contributed by atoms with Crippen molar-refractivity contribution in [3.05, 3.63) is 23.0 Å². The average Bonchev–Trinajstić information content (AvgIpc) is 2.58. The summed E-state index contributed by atoms with van der Waals surface area (Å²) in [5.74, 6) is -0.173. The smallest absolute Gasteiger partial charge is 0.268 e. The molecule has 1 aromatic rings. The number of aromatic nitrogens is 1. The van der Waals surface area contributed by atoms with E-state index in [1.165, 1.54) is 0 Å². The van der Waals surface area contributed by atoms with Crippen LogP contribution in [0.3, 0.4) is 0 Å². The van der Waals surface area contributed by atoms with Gasteiger partial charge in [0.2, 0.25) is 0 Å². The number of hydrogen-bond donors (Lipinski definition) is 3. The Morgan fingerprint density at radius 2 is 2.22 bits per heavy atom. The Hall–Kier alpha value is -1.33. The van der Waals surface area contributed by atoms with Gasteiger partial charge in [-0.15, -0.1) is 0 Å². The van der Waals surface area contributed by atoms with Gasteiger partial charge in [-0.3, -0.25) is 4.79 Å². The number of carbonyl (C=O) groups excluding carboxylic acids is 1. The lowest BCUT2D eigenvalue weighted by molar-refractivity contribution is 0.0721. The highest BCUT2D eigenvalue weighted by molar-refractivity contribution is 5.94. The van der Waals surface area contributed by atoms with Crippen LogP contribution < -0.4 is 5.32 Å². The van der Waals surface area contributed by atoms with Crippen LogP contribution in [0.25, 0.3) is 0 Å². The zero-order valence-corrected chi connectivity index (χ0v) is 11.5. The van der Waals surface area contributed by atoms with Crippen LogP contribution in [-0.2, 0) is 4.74 Å². The predicted octanol–water partition coefficient (Wildman–Crippen LogP) is 1.15. The fourth-order valence-corrected chi connectivity index (χ4v) is 2.04. The molecule has 0 bridgehead atoms. The maximum atomic E-state index is 12.2. The summed E-state index contributed by atoms with van der Waals surface area (Å²) in [4.78, 5) is 15.2. The summed E-state index contributed by atoms with van der Waals surface area (Å²) in [5.41, 5.74) is 1.86. The molecule has 5 heteroatoms. The number of H-pyrrole nitrogens is 1. The van der Waals surface area contributed by atoms with Crippen molar-refractivity contribution in [3.8, 4) is 0 Å². The molecule has 102 valence electrons. The van der Waals surface area contributed by atoms with Crippen LogP contribution in [0.1, 0.15) is 35.1 Å². The molecule has 0 aromatic carbocycles. The number of ether oxygens (including phenoxy) is 1. The van der Waals surface area contributed by atoms with Crippen LogP contribution in [0.4, 0.5) is 0 Å². The summed E-state index contributed by atoms with van der Waals surface area (Å²) >= 11 is 0. The van der Waals surface area contributed by atoms with Crippen LogP contribution in [0.2, 0.25) is 0 Å². The second-order valence-electron chi connectivity index (χ2n) is 4.93. The molecule has 1 atom stereocenters. The molecule has 1 aromatic heterocycles. The number of rotatable bonds is 6. The van der Waals surface area contributed by atoms with Crippen LogP contribution in [0, 0.1) is 13.8 Å². The third kappa shape index (κ3) is 3.58. The van der Waals surface area contributed by atoms with Crippen LogP contribution in [0.5, 0.6) is 0 Å². The quantitative estimate of drug-likeness (QED) is 0.713. The van der Waals surface area contributed by atoms with Crippen molar-refractivity contribution in [2.45, 2.75) is 32.7 Å². The van der Waals surface area contributed by atoms with Crippen LogP contribution in [0.15, 0.2) is 6.07 Å². The van der Waals surface area contributed by atoms with Crippen LogP contribution in [-0.4, -0.2) is 41.9 Å². The Kier molecular flexibility index (Phi) is 4.93. The van der Waals surface area contributed by atoms with E-state index in [9.17, 15) is 4.79 Å². The van der Waals surface area contributed by atoms with Crippen molar-refractivity contribution in [2.24, 2.45) is 0 Å². The Balaban J connectivity index is 2.81. The number of methoxy groups -OCH3 is 1. The third-order valence-electron chi connectivity index (χ3n) is 2.92. The largest absolute Gasteiger partial charge is 0.396 e. The lowest BCUT2D eigenvalue weighted by Crippen LogP contribution is -2.50. The van der Waals surface area contributed by atoms with E-state index in [2.05, 4.69) is 10.3 Å². The zero-order chi connectivity index (χ0) is 13.8. The van der Waals surface area contributed by atoms with Gasteiger partial charge in [0.1, 0.15) is 5.69 Å². The van der Waals surface area contributed by atoms with Crippen molar-refractivity contribution < 1.29 is 14.6 Å². The highest BCUT2D eigenvalue weighted by Gasteiger charge is 2.27. The van der Waals surface area contributed by atoms with Gasteiger partial charge in [-0.1, -0.05) is 0 Å². The first-order valence-electron chi connectivity index (χ1n) is 6.00. The summed E-state index contributed by atoms with van der Waals surface area (Å²) in [6, 6.07) is 1.93. The van der Waals surface area contributed by atoms with Crippen molar-refractivity contribution in [2.75, 3.05) is 20.3 Å². The second-order valence-corrected chi connectivity index (χ2v) is 4.93. The molecule has 0 spiro atoms. The Morgan fingerprint density at radius 1 is 1.56 bits per heavy atom. The minimum absolute atomic E-state index is 0.00285. The van der Waals surface area contributed by atoms with Crippen molar-refractivity contribution in [1.29, 1.82) is 0 Å². The Bertz CT molecular complexity index is 406. The maximum Gasteiger partial charge on any atom is 0.268 e. The minimum Gasteiger partial charge on any atom is -0.396 e. The van der Waals surface area contributed by atoms with Gasteiger partial charge in [0.25, 0.3) is 5.91 Å². The lowest BCUT2D eigenvalue weighted by atomic mass is 9.99. The van der Waals surface area contributed by atoms with Gasteiger partial charge < -0.3 is 20.1 Å². The van der Waals surface area contributed by atoms with E-state index >= 15 is 0 Å². The SMILES string of the molecule is COCC(C)(CCO)NC(=O)c1[nH]c(C)cc1C. The highest BCUT2D eigenvalue weighted by Crippen LogP contribution is 2.14. The molecular formula is C13H22N2O3. The standard InChI is InChI=1S/C13H22N2O3/c1-9-7-10(2)14-11(9)12(17)15-13(3,5-6-16)8-18-4/h7,14,16H,5-6,8H2,1-4H3,(H,15,17). The molecule has 0 aliphatic carbocycles. The molecule has 0 saturated heterocycles. The molecule has 3 N–H and O–H groups in total. The van der Waals surface area contributed by atoms with Crippen molar-refractivity contribution in [1.82, 2.24) is 10.3 Å². The van der Waals surface area contributed by atoms with E-state index in [0.717, 1.165) is 11.3 Å². The van der Waals surface area contributed by atoms with E-state index in [4.69, 9.17) is 9.84 Å². The first kappa shape index (κ1) is 14.7. The molecule has 0 aliphatic rings. The summed E-state index contributed by atoms with van der Waals surface area (Å²) in [6.45, 7) is 6.01. The number of aliphatic hydroxyl groups is 1. The van der Waals surface area contributed by atoms with Gasteiger partial charge in [-0.05, 0) is 38.8 Å². The lowest BCUT2D eigenvalue weighted by Gasteiger charge is -2.29. The molecule has 0 saturated carbocycles. The maximum absolute atomic E-state index is 12.2. The number of aliphatic hydroxyl groups excluding tert-OH is 1. The molecule has 5 nitrogen and oxygen atoms in total. The van der Waals surface area contributed by atoms with Gasteiger partial charge in [-0.2, -0.15) is 0 Å². The fraction of sp³-hybridized carbons (Fsp3) is 0.615. The predicted molar refractivity (Wildman–Crippen MR) is 69.7 cm³/mol. The minimum atomic E-state index is -0.563. The molecule has 1 amide bonds. The first-order chi connectivity index (χ1) is 8.41. The molecule has 0 aliphatic heterocycles. The summed E-state index contributed by atoms with van der Waals surface area (Å²) in [7, 11) is 1.58. The fourth-order valence-electron chi connectivity index (χ4n) is 2.04. The average molecular weight is 254 g/mol. The molecule has 0 radical (unpaired) electrons. The zero-order valence-electron chi connectivity index (χ0n) is 11.5. The molecule has 18 heavy (non-hydrogen) atoms. The van der Waals surface area contributed by atoms with E-state index in [0.29, 0.717) is 18.7 Å². The number of aromatic amines is 1. The highest BCUT2D eigenvalue weighted by atomic mass is 16.5. The van der Waals surface area contributed by atoms with Crippen molar-refractivity contribution in [3.63, 3.8) is 0 Å². The summed E-state index contributed by atoms with van der Waals surface area (Å²) < 4.78 is 5.10. The van der Waals surface area contributed by atoms with Gasteiger partial charge in [0.05, 0.1) is 12.1 Å². The van der Waals surface area contributed by atoms with Gasteiger partial charge >= 0.3 is 0 Å². The van der Waals surface area contributed by atoms with E-state index in [-0.39, 0.29) is 12.5 Å². The number of aryl methyl sites for hydroxylation is 2. The molecule has 1 rings (SSSR count). The second kappa shape index (κ2) is 6.02.